The monoisotopic (exact) mass is 314 g/mol. The summed E-state index contributed by atoms with van der Waals surface area (Å²) in [7, 11) is 0. The van der Waals surface area contributed by atoms with Gasteiger partial charge in [0.2, 0.25) is 0 Å². The van der Waals surface area contributed by atoms with Gasteiger partial charge in [0.25, 0.3) is 5.56 Å². The number of nitrogens with zero attached hydrogens (tertiary/aromatic N) is 3. The van der Waals surface area contributed by atoms with Crippen LogP contribution in [-0.4, -0.2) is 29.4 Å². The molecule has 0 saturated carbocycles. The van der Waals surface area contributed by atoms with Crippen LogP contribution in [-0.2, 0) is 6.54 Å². The Morgan fingerprint density at radius 2 is 2.39 bits per heavy atom. The fourth-order valence-electron chi connectivity index (χ4n) is 2.29. The molecule has 0 radical (unpaired) electrons. The Morgan fingerprint density at radius 1 is 1.61 bits per heavy atom. The van der Waals surface area contributed by atoms with Crippen LogP contribution in [0.1, 0.15) is 19.8 Å². The van der Waals surface area contributed by atoms with E-state index in [1.54, 1.807) is 6.20 Å². The molecule has 2 heterocycles. The summed E-state index contributed by atoms with van der Waals surface area (Å²) in [6.07, 6.45) is 3.76. The second-order valence-corrected chi connectivity index (χ2v) is 5.50. The van der Waals surface area contributed by atoms with Gasteiger partial charge in [-0.05, 0) is 41.2 Å². The SMILES string of the molecule is CCCn1ncc(N2CCC(CN)C2)c(Br)c1=O. The minimum atomic E-state index is -0.0504. The topological polar surface area (TPSA) is 64.2 Å². The number of nitrogens with two attached hydrogens (primary N) is 1. The lowest BCUT2D eigenvalue weighted by Gasteiger charge is -2.19. The highest BCUT2D eigenvalue weighted by Gasteiger charge is 2.24. The number of anilines is 1. The van der Waals surface area contributed by atoms with Crippen molar-refractivity contribution in [3.63, 3.8) is 0 Å². The van der Waals surface area contributed by atoms with E-state index in [1.165, 1.54) is 4.68 Å². The Hall–Kier alpha value is -0.880. The smallest absolute Gasteiger partial charge is 0.283 e. The van der Waals surface area contributed by atoms with Crippen LogP contribution in [0, 0.1) is 5.92 Å². The summed E-state index contributed by atoms with van der Waals surface area (Å²) in [6, 6.07) is 0. The fourth-order valence-corrected chi connectivity index (χ4v) is 2.85. The van der Waals surface area contributed by atoms with Crippen LogP contribution in [0.2, 0.25) is 0 Å². The van der Waals surface area contributed by atoms with Crippen molar-refractivity contribution < 1.29 is 0 Å². The van der Waals surface area contributed by atoms with Gasteiger partial charge in [0, 0.05) is 19.6 Å². The fraction of sp³-hybridized carbons (Fsp3) is 0.667. The molecule has 0 aromatic carbocycles. The minimum absolute atomic E-state index is 0.0504. The normalized spacial score (nSPS) is 19.5. The molecule has 1 aliphatic rings. The van der Waals surface area contributed by atoms with Gasteiger partial charge < -0.3 is 10.6 Å². The van der Waals surface area contributed by atoms with E-state index in [0.29, 0.717) is 23.5 Å². The van der Waals surface area contributed by atoms with E-state index in [0.717, 1.165) is 31.6 Å². The lowest BCUT2D eigenvalue weighted by Crippen LogP contribution is -2.29. The van der Waals surface area contributed by atoms with Crippen LogP contribution in [0.15, 0.2) is 15.5 Å². The Kier molecular flexibility index (Phi) is 4.40. The van der Waals surface area contributed by atoms with Crippen molar-refractivity contribution in [1.29, 1.82) is 0 Å². The second-order valence-electron chi connectivity index (χ2n) is 4.71. The average molecular weight is 315 g/mol. The Morgan fingerprint density at radius 3 is 3.00 bits per heavy atom. The van der Waals surface area contributed by atoms with E-state index in [-0.39, 0.29) is 5.56 Å². The summed E-state index contributed by atoms with van der Waals surface area (Å²) in [5.74, 6) is 0.523. The van der Waals surface area contributed by atoms with Crippen LogP contribution >= 0.6 is 15.9 Å². The van der Waals surface area contributed by atoms with Gasteiger partial charge in [-0.2, -0.15) is 5.10 Å². The van der Waals surface area contributed by atoms with E-state index < -0.39 is 0 Å². The predicted octanol–water partition coefficient (Wildman–Crippen LogP) is 1.20. The minimum Gasteiger partial charge on any atom is -0.369 e. The second kappa shape index (κ2) is 5.84. The van der Waals surface area contributed by atoms with Crippen molar-refractivity contribution in [1.82, 2.24) is 9.78 Å². The average Bonchev–Trinajstić information content (AvgIpc) is 2.84. The molecule has 0 spiro atoms. The lowest BCUT2D eigenvalue weighted by molar-refractivity contribution is 0.564. The Labute approximate surface area is 115 Å². The summed E-state index contributed by atoms with van der Waals surface area (Å²) in [6.45, 7) is 5.24. The van der Waals surface area contributed by atoms with Crippen molar-refractivity contribution in [3.05, 3.63) is 21.0 Å². The third-order valence-corrected chi connectivity index (χ3v) is 4.11. The van der Waals surface area contributed by atoms with E-state index in [2.05, 4.69) is 25.9 Å². The zero-order valence-electron chi connectivity index (χ0n) is 10.6. The van der Waals surface area contributed by atoms with Crippen molar-refractivity contribution in [2.75, 3.05) is 24.5 Å². The molecule has 1 aromatic rings. The molecule has 1 unspecified atom stereocenters. The lowest BCUT2D eigenvalue weighted by atomic mass is 10.1. The molecule has 100 valence electrons. The number of hydrogen-bond donors (Lipinski definition) is 1. The maximum atomic E-state index is 12.1. The van der Waals surface area contributed by atoms with Gasteiger partial charge in [-0.15, -0.1) is 0 Å². The maximum Gasteiger partial charge on any atom is 0.283 e. The molecule has 2 rings (SSSR count). The first-order chi connectivity index (χ1) is 8.67. The van der Waals surface area contributed by atoms with Gasteiger partial charge >= 0.3 is 0 Å². The number of aromatic nitrogens is 2. The number of hydrogen-bond acceptors (Lipinski definition) is 4. The zero-order valence-corrected chi connectivity index (χ0v) is 12.2. The van der Waals surface area contributed by atoms with Gasteiger partial charge in [0.05, 0.1) is 11.9 Å². The van der Waals surface area contributed by atoms with Crippen LogP contribution in [0.4, 0.5) is 5.69 Å². The highest BCUT2D eigenvalue weighted by atomic mass is 79.9. The van der Waals surface area contributed by atoms with E-state index >= 15 is 0 Å². The number of rotatable bonds is 4. The van der Waals surface area contributed by atoms with Crippen LogP contribution < -0.4 is 16.2 Å². The van der Waals surface area contributed by atoms with Gasteiger partial charge in [0.15, 0.2) is 0 Å². The van der Waals surface area contributed by atoms with Crippen molar-refractivity contribution in [2.24, 2.45) is 11.7 Å². The molecule has 1 aliphatic heterocycles. The molecule has 1 fully saturated rings. The third-order valence-electron chi connectivity index (χ3n) is 3.36. The highest BCUT2D eigenvalue weighted by Crippen LogP contribution is 2.27. The first-order valence-corrected chi connectivity index (χ1v) is 7.17. The van der Waals surface area contributed by atoms with Crippen LogP contribution in [0.5, 0.6) is 0 Å². The van der Waals surface area contributed by atoms with E-state index in [4.69, 9.17) is 5.73 Å². The number of halogens is 1. The van der Waals surface area contributed by atoms with E-state index in [9.17, 15) is 4.79 Å². The molecule has 18 heavy (non-hydrogen) atoms. The number of aryl methyl sites for hydroxylation is 1. The molecule has 5 nitrogen and oxygen atoms in total. The van der Waals surface area contributed by atoms with Crippen LogP contribution in [0.3, 0.4) is 0 Å². The summed E-state index contributed by atoms with van der Waals surface area (Å²) < 4.78 is 2.12. The Balaban J connectivity index is 2.25. The molecule has 1 aromatic heterocycles. The quantitative estimate of drug-likeness (QED) is 0.907. The van der Waals surface area contributed by atoms with Crippen molar-refractivity contribution in [3.8, 4) is 0 Å². The zero-order chi connectivity index (χ0) is 13.1. The molecule has 2 N–H and O–H groups in total. The van der Waals surface area contributed by atoms with Gasteiger partial charge in [0.1, 0.15) is 4.47 Å². The summed E-state index contributed by atoms with van der Waals surface area (Å²) in [5, 5.41) is 4.23. The standard InChI is InChI=1S/C12H19BrN4O/c1-2-4-17-12(18)11(13)10(7-15-17)16-5-3-9(6-14)8-16/h7,9H,2-6,8,14H2,1H3. The van der Waals surface area contributed by atoms with Gasteiger partial charge in [-0.3, -0.25) is 4.79 Å². The molecule has 0 bridgehead atoms. The van der Waals surface area contributed by atoms with Crippen LogP contribution in [0.25, 0.3) is 0 Å². The summed E-state index contributed by atoms with van der Waals surface area (Å²) >= 11 is 3.41. The molecule has 1 atom stereocenters. The summed E-state index contributed by atoms with van der Waals surface area (Å²) in [5.41, 5.74) is 6.53. The predicted molar refractivity (Wildman–Crippen MR) is 75.9 cm³/mol. The largest absolute Gasteiger partial charge is 0.369 e. The molecular formula is C12H19BrN4O. The first-order valence-electron chi connectivity index (χ1n) is 6.38. The molecule has 0 amide bonds. The van der Waals surface area contributed by atoms with Gasteiger partial charge in [-0.1, -0.05) is 6.92 Å². The molecule has 0 aliphatic carbocycles. The highest BCUT2D eigenvalue weighted by molar-refractivity contribution is 9.10. The first kappa shape index (κ1) is 13.5. The maximum absolute atomic E-state index is 12.1. The van der Waals surface area contributed by atoms with Gasteiger partial charge in [-0.25, -0.2) is 4.68 Å². The molecule has 1 saturated heterocycles. The third kappa shape index (κ3) is 2.59. The molecule has 6 heteroatoms. The van der Waals surface area contributed by atoms with E-state index in [1.807, 2.05) is 6.92 Å². The van der Waals surface area contributed by atoms with Crippen molar-refractivity contribution in [2.45, 2.75) is 26.3 Å². The van der Waals surface area contributed by atoms with Crippen molar-refractivity contribution >= 4 is 21.6 Å². The molecular weight excluding hydrogens is 296 g/mol. The summed E-state index contributed by atoms with van der Waals surface area (Å²) in [4.78, 5) is 14.3. The Bertz CT molecular complexity index is 474.